The van der Waals surface area contributed by atoms with Gasteiger partial charge in [-0.1, -0.05) is 76.3 Å². The van der Waals surface area contributed by atoms with Crippen molar-refractivity contribution in [3.8, 4) is 0 Å². The van der Waals surface area contributed by atoms with Crippen molar-refractivity contribution in [2.24, 2.45) is 22.0 Å². The summed E-state index contributed by atoms with van der Waals surface area (Å²) in [6, 6.07) is 7.57. The molecule has 0 radical (unpaired) electrons. The zero-order valence-electron chi connectivity index (χ0n) is 37.5. The minimum atomic E-state index is -0.760. The van der Waals surface area contributed by atoms with Gasteiger partial charge in [0, 0.05) is 35.1 Å². The highest BCUT2D eigenvalue weighted by molar-refractivity contribution is 9.10. The molecule has 5 aromatic heterocycles. The van der Waals surface area contributed by atoms with E-state index in [4.69, 9.17) is 46.3 Å². The number of nitrogens with two attached hydrogens (primary N) is 2. The predicted molar refractivity (Wildman–Crippen MR) is 264 cm³/mol. The van der Waals surface area contributed by atoms with E-state index in [1.165, 1.54) is 40.0 Å². The quantitative estimate of drug-likeness (QED) is 0.106. The number of pyridine rings is 3. The number of nitrogens with zero attached hydrogens (tertiary/aromatic N) is 6. The maximum atomic E-state index is 13.1. The molecule has 5 aliphatic rings. The number of H-pyrrole nitrogens is 1. The molecule has 0 saturated heterocycles. The molecule has 0 bridgehead atoms. The second kappa shape index (κ2) is 19.5. The first-order valence-corrected chi connectivity index (χ1v) is 23.6. The van der Waals surface area contributed by atoms with Gasteiger partial charge < -0.3 is 32.4 Å². The number of aromatic nitrogens is 7. The topological polar surface area (TPSA) is 285 Å². The molecule has 3 saturated carbocycles. The molecule has 7 heterocycles. The van der Waals surface area contributed by atoms with Crippen LogP contribution in [-0.2, 0) is 16.1 Å². The third kappa shape index (κ3) is 9.72. The zero-order valence-corrected chi connectivity index (χ0v) is 43.0. The normalized spacial score (nSPS) is 21.1. The average molecular weight is 1120 g/mol. The van der Waals surface area contributed by atoms with Crippen molar-refractivity contribution in [1.29, 1.82) is 0 Å². The molecule has 2 aliphatic heterocycles. The van der Waals surface area contributed by atoms with Crippen LogP contribution in [0.3, 0.4) is 0 Å². The Bertz CT molecular complexity index is 3020. The van der Waals surface area contributed by atoms with Crippen LogP contribution in [0.4, 0.5) is 17.3 Å². The van der Waals surface area contributed by atoms with Gasteiger partial charge in [-0.2, -0.15) is 0 Å². The Kier molecular flexibility index (Phi) is 14.9. The number of rotatable bonds is 3. The van der Waals surface area contributed by atoms with Crippen molar-refractivity contribution < 1.29 is 19.2 Å². The number of anilines is 3. The van der Waals surface area contributed by atoms with E-state index in [1.807, 2.05) is 41.5 Å². The van der Waals surface area contributed by atoms with Gasteiger partial charge in [0.25, 0.3) is 34.4 Å². The molecule has 5 aromatic rings. The van der Waals surface area contributed by atoms with Gasteiger partial charge in [0.15, 0.2) is 0 Å². The number of Topliss-reactive ketones (excluding diaryl/α,β-unsaturated/α-hetero) is 1. The number of hydrogen-bond acceptors (Lipinski definition) is 13. The largest absolute Gasteiger partial charge is 0.384 e. The number of ketones is 1. The van der Waals surface area contributed by atoms with Crippen molar-refractivity contribution >= 4 is 107 Å². The molecule has 360 valence electrons. The van der Waals surface area contributed by atoms with Crippen LogP contribution in [-0.4, -0.2) is 57.6 Å². The number of amides is 3. The maximum Gasteiger partial charge on any atom is 0.276 e. The Hall–Kier alpha value is -5.48. The molecule has 2 atom stereocenters. The summed E-state index contributed by atoms with van der Waals surface area (Å²) in [6.45, 7) is 12.2. The van der Waals surface area contributed by atoms with Crippen LogP contribution in [0, 0.1) is 16.2 Å². The second-order valence-electron chi connectivity index (χ2n) is 18.3. The molecule has 10 rings (SSSR count). The summed E-state index contributed by atoms with van der Waals surface area (Å²) in [5, 5.41) is 9.56. The van der Waals surface area contributed by atoms with Crippen molar-refractivity contribution in [3.05, 3.63) is 128 Å². The van der Waals surface area contributed by atoms with Crippen LogP contribution in [0.25, 0.3) is 0 Å². The summed E-state index contributed by atoms with van der Waals surface area (Å²) in [5.41, 5.74) is 8.22. The smallest absolute Gasteiger partial charge is 0.276 e. The predicted octanol–water partition coefficient (Wildman–Crippen LogP) is 7.06. The van der Waals surface area contributed by atoms with Gasteiger partial charge in [-0.15, -0.1) is 0 Å². The molecule has 19 nitrogen and oxygen atoms in total. The summed E-state index contributed by atoms with van der Waals surface area (Å²) in [5.74, 6) is 0.0841. The number of hydrogen-bond donors (Lipinski definition) is 6. The Morgan fingerprint density at radius 2 is 1.21 bits per heavy atom. The lowest BCUT2D eigenvalue weighted by atomic mass is 9.62. The van der Waals surface area contributed by atoms with Crippen molar-refractivity contribution in [2.75, 3.05) is 11.1 Å². The fraction of sp³-hybridized carbons (Fsp3) is 0.386. The average Bonchev–Trinajstić information content (AvgIpc) is 3.81. The lowest BCUT2D eigenvalue weighted by molar-refractivity contribution is -0.135. The molecule has 3 fully saturated rings. The molecule has 2 spiro atoms. The number of carbonyl (C=O) groups is 4. The summed E-state index contributed by atoms with van der Waals surface area (Å²) in [7, 11) is 0. The lowest BCUT2D eigenvalue weighted by Crippen LogP contribution is -2.63. The number of fused-ring (bicyclic) bond motifs is 4. The van der Waals surface area contributed by atoms with Crippen molar-refractivity contribution in [1.82, 2.24) is 44.7 Å². The second-order valence-corrected chi connectivity index (χ2v) is 21.2. The maximum absolute atomic E-state index is 13.1. The molecular weight excluding hydrogens is 1070 g/mol. The van der Waals surface area contributed by atoms with E-state index in [2.05, 4.69) is 72.7 Å². The number of nitrogen functional groups attached to an aromatic ring is 1. The first kappa shape index (κ1) is 51.9. The van der Waals surface area contributed by atoms with Crippen LogP contribution < -0.4 is 44.1 Å². The van der Waals surface area contributed by atoms with E-state index in [9.17, 15) is 33.6 Å². The van der Waals surface area contributed by atoms with Crippen LogP contribution in [0.5, 0.6) is 0 Å². The SMILES string of the molecule is CC1(C)CCC12NC(=O)c1c(Cl)cc(Br)c(=O)n12.CC1(C)CCC12NC(=O)c1c(Cl)cc(Nc3ccncn3)c(=O)n12.CC1(C)CCC1=O.NC(=O)c1[nH]c(=O)c(Br)cc1Cl.Nc1ccncn1. The van der Waals surface area contributed by atoms with Gasteiger partial charge in [-0.25, -0.2) is 19.9 Å². The molecule has 3 amide bonds. The lowest BCUT2D eigenvalue weighted by Gasteiger charge is -2.54. The van der Waals surface area contributed by atoms with Crippen LogP contribution >= 0.6 is 66.7 Å². The standard InChI is InChI=1S/C16H16ClN5O2.C12H12BrClN2O2.C6H4BrClN2O2.C6H10O.C4H5N3/c1-15(2)4-5-16(15)21-13(23)12-9(17)7-10(14(24)22(12)16)20-11-3-6-18-8-19-11;1-11(2)3-4-12(11)15-9(17)8-7(14)5-6(13)10(18)16(8)12;7-2-1-3(8)4(5(9)11)10-6(2)12;1-6(2)4-3-5(6)7;5-4-1-2-6-3-7-4/h3,6-8H,4-5H2,1-2H3,(H,21,23)(H,18,19,20);5H,3-4H2,1-2H3,(H,15,17);1H,(H2,9,11)(H,10,12);3-4H2,1-2H3;1-3H,(H2,5,6,7). The Balaban J connectivity index is 0.000000152. The van der Waals surface area contributed by atoms with E-state index in [-0.39, 0.29) is 76.5 Å². The first-order valence-electron chi connectivity index (χ1n) is 20.9. The van der Waals surface area contributed by atoms with E-state index >= 15 is 0 Å². The fourth-order valence-electron chi connectivity index (χ4n) is 8.19. The zero-order chi connectivity index (χ0) is 50.3. The molecular formula is C44H47Br2Cl3N12O7. The third-order valence-electron chi connectivity index (χ3n) is 12.9. The number of nitrogens with one attached hydrogen (secondary N) is 4. The molecule has 2 unspecified atom stereocenters. The summed E-state index contributed by atoms with van der Waals surface area (Å²) in [4.78, 5) is 99.4. The molecule has 24 heteroatoms. The summed E-state index contributed by atoms with van der Waals surface area (Å²) < 4.78 is 3.70. The Labute approximate surface area is 420 Å². The van der Waals surface area contributed by atoms with Crippen molar-refractivity contribution in [3.63, 3.8) is 0 Å². The van der Waals surface area contributed by atoms with Gasteiger partial charge in [0.05, 0.1) is 24.0 Å². The first-order chi connectivity index (χ1) is 31.7. The van der Waals surface area contributed by atoms with Gasteiger partial charge in [0.2, 0.25) is 0 Å². The van der Waals surface area contributed by atoms with Gasteiger partial charge in [-0.05, 0) is 94.3 Å². The van der Waals surface area contributed by atoms with E-state index in [1.54, 1.807) is 24.5 Å². The molecule has 3 aliphatic carbocycles. The Morgan fingerprint density at radius 1 is 0.706 bits per heavy atom. The number of primary amides is 1. The number of halogens is 5. The van der Waals surface area contributed by atoms with Gasteiger partial charge >= 0.3 is 0 Å². The van der Waals surface area contributed by atoms with Gasteiger partial charge in [0.1, 0.15) is 64.2 Å². The van der Waals surface area contributed by atoms with Crippen LogP contribution in [0.1, 0.15) is 112 Å². The molecule has 68 heavy (non-hydrogen) atoms. The highest BCUT2D eigenvalue weighted by Crippen LogP contribution is 2.56. The van der Waals surface area contributed by atoms with Crippen LogP contribution in [0.2, 0.25) is 15.1 Å². The molecule has 0 aromatic carbocycles. The monoisotopic (exact) mass is 1120 g/mol. The minimum absolute atomic E-state index is 0.0417. The van der Waals surface area contributed by atoms with E-state index < -0.39 is 22.8 Å². The number of carbonyl (C=O) groups excluding carboxylic acids is 4. The third-order valence-corrected chi connectivity index (χ3v) is 15.0. The van der Waals surface area contributed by atoms with Crippen LogP contribution in [0.15, 0.2) is 78.7 Å². The molecule has 8 N–H and O–H groups in total. The minimum Gasteiger partial charge on any atom is -0.384 e. The van der Waals surface area contributed by atoms with Gasteiger partial charge in [-0.3, -0.25) is 42.7 Å². The fourth-order valence-corrected chi connectivity index (χ4v) is 10.00. The summed E-state index contributed by atoms with van der Waals surface area (Å²) in [6.07, 6.45) is 11.2. The van der Waals surface area contributed by atoms with E-state index in [0.29, 0.717) is 33.3 Å². The summed E-state index contributed by atoms with van der Waals surface area (Å²) >= 11 is 24.2. The van der Waals surface area contributed by atoms with Crippen molar-refractivity contribution in [2.45, 2.75) is 91.4 Å². The highest BCUT2D eigenvalue weighted by Gasteiger charge is 2.61. The number of aromatic amines is 1. The van der Waals surface area contributed by atoms with E-state index in [0.717, 1.165) is 32.1 Å². The Morgan fingerprint density at radius 3 is 1.59 bits per heavy atom. The highest BCUT2D eigenvalue weighted by atomic mass is 79.9.